The van der Waals surface area contributed by atoms with E-state index in [0.29, 0.717) is 24.8 Å². The third kappa shape index (κ3) is 5.88. The molecule has 6 bridgehead atoms. The molecule has 1 aliphatic carbocycles. The zero-order valence-corrected chi connectivity index (χ0v) is 25.0. The standard InChI is InChI=1S/C33H42F2N4O3/c1-6-19(2)29-24-13-11-20(3)30(41)38-25-17-32(4,5)42-27-14-12-21(15-23(25)27)9-7-8-10-22-16-28(40)39(31(36)37-22)26(29)18-33(24,34)35/h11-15,19,22,25-26H,3,6-10,16-18H2,1-2,4-5H3,(H2,36,37)(H,38,41)/b13-11-. The van der Waals surface area contributed by atoms with E-state index in [1.54, 1.807) is 0 Å². The molecule has 42 heavy (non-hydrogen) atoms. The molecule has 7 nitrogen and oxygen atoms in total. The first-order chi connectivity index (χ1) is 19.8. The fraction of sp³-hybridized carbons (Fsp3) is 0.545. The largest absolute Gasteiger partial charge is 0.487 e. The van der Waals surface area contributed by atoms with Gasteiger partial charge in [-0.15, -0.1) is 0 Å². The number of carbonyl (C=O) groups is 2. The summed E-state index contributed by atoms with van der Waals surface area (Å²) >= 11 is 0. The van der Waals surface area contributed by atoms with Gasteiger partial charge in [0.1, 0.15) is 11.4 Å². The quantitative estimate of drug-likeness (QED) is 0.425. The molecule has 0 saturated heterocycles. The van der Waals surface area contributed by atoms with Crippen LogP contribution in [0.3, 0.4) is 0 Å². The second-order valence-electron chi connectivity index (χ2n) is 12.8. The van der Waals surface area contributed by atoms with Crippen molar-refractivity contribution in [2.75, 3.05) is 0 Å². The van der Waals surface area contributed by atoms with Gasteiger partial charge in [-0.2, -0.15) is 0 Å². The Labute approximate surface area is 247 Å². The average molecular weight is 581 g/mol. The first-order valence-corrected chi connectivity index (χ1v) is 15.1. The van der Waals surface area contributed by atoms with E-state index in [-0.39, 0.29) is 47.4 Å². The number of nitrogens with two attached hydrogens (primary N) is 1. The Hall–Kier alpha value is -3.49. The third-order valence-electron chi connectivity index (χ3n) is 9.04. The topological polar surface area (TPSA) is 97.0 Å². The van der Waals surface area contributed by atoms with Crippen LogP contribution in [0.4, 0.5) is 8.78 Å². The van der Waals surface area contributed by atoms with Gasteiger partial charge in [-0.25, -0.2) is 13.8 Å². The van der Waals surface area contributed by atoms with Gasteiger partial charge in [-0.05, 0) is 68.7 Å². The molecule has 4 aliphatic heterocycles. The van der Waals surface area contributed by atoms with Crippen molar-refractivity contribution in [3.8, 4) is 5.75 Å². The summed E-state index contributed by atoms with van der Waals surface area (Å²) < 4.78 is 37.6. The molecular formula is C33H42F2N4O3. The molecule has 2 amide bonds. The van der Waals surface area contributed by atoms with Crippen LogP contribution in [0, 0.1) is 5.92 Å². The SMILES string of the molecule is C=C1/C=C\C2=C(C(C)CC)C(CC2(F)F)N2C(=O)CC(CCCCc3ccc4c(c3)C(CC(C)(C)O4)NC1=O)N=C2N. The second kappa shape index (κ2) is 11.3. The molecule has 0 saturated carbocycles. The zero-order chi connectivity index (χ0) is 30.4. The summed E-state index contributed by atoms with van der Waals surface area (Å²) in [7, 11) is 0. The van der Waals surface area contributed by atoms with Gasteiger partial charge in [-0.1, -0.05) is 45.1 Å². The number of carbonyl (C=O) groups excluding carboxylic acids is 2. The van der Waals surface area contributed by atoms with Crippen LogP contribution in [0.15, 0.2) is 58.6 Å². The number of guanidine groups is 1. The predicted octanol–water partition coefficient (Wildman–Crippen LogP) is 5.91. The zero-order valence-electron chi connectivity index (χ0n) is 25.0. The summed E-state index contributed by atoms with van der Waals surface area (Å²) in [6.07, 6.45) is 6.61. The van der Waals surface area contributed by atoms with E-state index in [0.717, 1.165) is 36.1 Å². The van der Waals surface area contributed by atoms with Gasteiger partial charge in [-0.3, -0.25) is 14.5 Å². The number of fused-ring (bicyclic) bond motifs is 7. The molecule has 0 spiro atoms. The predicted molar refractivity (Wildman–Crippen MR) is 159 cm³/mol. The monoisotopic (exact) mass is 580 g/mol. The fourth-order valence-corrected chi connectivity index (χ4v) is 6.75. The van der Waals surface area contributed by atoms with Crippen LogP contribution in [0.25, 0.3) is 0 Å². The van der Waals surface area contributed by atoms with Crippen LogP contribution in [0.2, 0.25) is 0 Å². The number of halogens is 2. The molecule has 4 atom stereocenters. The molecule has 4 unspecified atom stereocenters. The number of alkyl halides is 2. The summed E-state index contributed by atoms with van der Waals surface area (Å²) in [5.41, 5.74) is 8.18. The minimum Gasteiger partial charge on any atom is -0.487 e. The molecule has 4 heterocycles. The summed E-state index contributed by atoms with van der Waals surface area (Å²) in [5.74, 6) is -3.44. The van der Waals surface area contributed by atoms with Crippen molar-refractivity contribution < 1.29 is 23.1 Å². The van der Waals surface area contributed by atoms with E-state index in [2.05, 4.69) is 23.0 Å². The Kier molecular flexibility index (Phi) is 8.07. The Morgan fingerprint density at radius 2 is 1.98 bits per heavy atom. The highest BCUT2D eigenvalue weighted by molar-refractivity contribution is 5.99. The van der Waals surface area contributed by atoms with Crippen molar-refractivity contribution in [2.45, 2.75) is 109 Å². The molecule has 5 aliphatic rings. The Bertz CT molecular complexity index is 1380. The van der Waals surface area contributed by atoms with Crippen molar-refractivity contribution in [3.63, 3.8) is 0 Å². The maximum Gasteiger partial charge on any atom is 0.275 e. The third-order valence-corrected chi connectivity index (χ3v) is 9.04. The lowest BCUT2D eigenvalue weighted by Gasteiger charge is -2.38. The molecule has 1 aromatic carbocycles. The van der Waals surface area contributed by atoms with E-state index in [1.165, 1.54) is 17.1 Å². The number of aliphatic imine (C=N–C) groups is 1. The lowest BCUT2D eigenvalue weighted by atomic mass is 9.88. The van der Waals surface area contributed by atoms with Crippen LogP contribution in [-0.4, -0.2) is 46.3 Å². The van der Waals surface area contributed by atoms with Crippen molar-refractivity contribution in [3.05, 3.63) is 64.8 Å². The highest BCUT2D eigenvalue weighted by atomic mass is 19.3. The van der Waals surface area contributed by atoms with Gasteiger partial charge < -0.3 is 15.8 Å². The van der Waals surface area contributed by atoms with Crippen molar-refractivity contribution in [1.82, 2.24) is 10.2 Å². The number of rotatable bonds is 2. The average Bonchev–Trinajstić information content (AvgIpc) is 3.17. The van der Waals surface area contributed by atoms with Crippen molar-refractivity contribution in [1.29, 1.82) is 0 Å². The molecule has 3 N–H and O–H groups in total. The number of nitrogens with one attached hydrogen (secondary N) is 1. The molecule has 6 rings (SSSR count). The summed E-state index contributed by atoms with van der Waals surface area (Å²) in [5, 5.41) is 3.08. The van der Waals surface area contributed by atoms with Gasteiger partial charge in [0.25, 0.3) is 11.8 Å². The van der Waals surface area contributed by atoms with Crippen LogP contribution >= 0.6 is 0 Å². The molecule has 9 heteroatoms. The van der Waals surface area contributed by atoms with Crippen LogP contribution in [0.5, 0.6) is 5.75 Å². The number of hydrogen-bond donors (Lipinski definition) is 2. The Morgan fingerprint density at radius 1 is 1.21 bits per heavy atom. The summed E-state index contributed by atoms with van der Waals surface area (Å²) in [6, 6.07) is 4.60. The maximum absolute atomic E-state index is 15.7. The van der Waals surface area contributed by atoms with Gasteiger partial charge in [0, 0.05) is 36.0 Å². The van der Waals surface area contributed by atoms with E-state index < -0.39 is 29.9 Å². The molecule has 226 valence electrons. The summed E-state index contributed by atoms with van der Waals surface area (Å²) in [6.45, 7) is 11.7. The lowest BCUT2D eigenvalue weighted by molar-refractivity contribution is -0.130. The van der Waals surface area contributed by atoms with E-state index in [9.17, 15) is 9.59 Å². The summed E-state index contributed by atoms with van der Waals surface area (Å²) in [4.78, 5) is 32.6. The van der Waals surface area contributed by atoms with E-state index in [4.69, 9.17) is 10.5 Å². The van der Waals surface area contributed by atoms with Crippen LogP contribution in [0.1, 0.15) is 89.8 Å². The second-order valence-corrected chi connectivity index (χ2v) is 12.8. The van der Waals surface area contributed by atoms with Crippen LogP contribution in [-0.2, 0) is 16.0 Å². The van der Waals surface area contributed by atoms with Crippen LogP contribution < -0.4 is 15.8 Å². The Balaban J connectivity index is 1.56. The highest BCUT2D eigenvalue weighted by Gasteiger charge is 2.51. The first-order valence-electron chi connectivity index (χ1n) is 15.1. The Morgan fingerprint density at radius 3 is 2.69 bits per heavy atom. The number of amides is 2. The molecule has 1 aromatic rings. The van der Waals surface area contributed by atoms with Gasteiger partial charge in [0.15, 0.2) is 5.96 Å². The minimum atomic E-state index is -3.22. The van der Waals surface area contributed by atoms with Crippen molar-refractivity contribution >= 4 is 17.8 Å². The molecule has 0 aromatic heterocycles. The number of ether oxygens (including phenoxy) is 1. The number of hydrogen-bond acceptors (Lipinski definition) is 5. The number of benzene rings is 1. The van der Waals surface area contributed by atoms with E-state index in [1.807, 2.05) is 39.8 Å². The smallest absolute Gasteiger partial charge is 0.275 e. The van der Waals surface area contributed by atoms with Crippen molar-refractivity contribution in [2.24, 2.45) is 16.6 Å². The normalized spacial score (nSPS) is 29.0. The van der Waals surface area contributed by atoms with Gasteiger partial charge in [0.2, 0.25) is 5.91 Å². The minimum absolute atomic E-state index is 0.00456. The first kappa shape index (κ1) is 30.0. The maximum atomic E-state index is 15.7. The number of nitrogens with zero attached hydrogens (tertiary/aromatic N) is 2. The lowest BCUT2D eigenvalue weighted by Crippen LogP contribution is -2.53. The van der Waals surface area contributed by atoms with Gasteiger partial charge in [0.05, 0.1) is 18.1 Å². The molecule has 0 radical (unpaired) electrons. The van der Waals surface area contributed by atoms with Gasteiger partial charge >= 0.3 is 0 Å². The molecular weight excluding hydrogens is 538 g/mol. The fourth-order valence-electron chi connectivity index (χ4n) is 6.75. The number of aryl methyl sites for hydroxylation is 1. The highest BCUT2D eigenvalue weighted by Crippen LogP contribution is 2.47. The number of allylic oxidation sites excluding steroid dienone is 2. The van der Waals surface area contributed by atoms with E-state index >= 15 is 8.78 Å². The molecule has 0 fully saturated rings.